The molecule has 2 fully saturated rings. The Balaban J connectivity index is 1.54. The molecule has 1 aromatic rings. The molecule has 1 aliphatic heterocycles. The molecular formula is C23H29F4N3O7S. The number of amides is 1. The Kier molecular flexibility index (Phi) is 10.1. The lowest BCUT2D eigenvalue weighted by Crippen LogP contribution is -2.54. The number of ketones is 1. The van der Waals surface area contributed by atoms with Crippen LogP contribution < -0.4 is 10.1 Å². The second-order valence-corrected chi connectivity index (χ2v) is 11.5. The fraction of sp³-hybridized carbons (Fsp3) is 0.609. The molecular weight excluding hydrogens is 538 g/mol. The van der Waals surface area contributed by atoms with E-state index in [0.29, 0.717) is 12.8 Å². The number of ether oxygens (including phenoxy) is 1. The fourth-order valence-electron chi connectivity index (χ4n) is 4.50. The summed E-state index contributed by atoms with van der Waals surface area (Å²) >= 11 is 0. The van der Waals surface area contributed by atoms with Gasteiger partial charge < -0.3 is 15.2 Å². The summed E-state index contributed by atoms with van der Waals surface area (Å²) < 4.78 is 85.9. The monoisotopic (exact) mass is 567 g/mol. The minimum Gasteiger partial charge on any atom is -0.481 e. The van der Waals surface area contributed by atoms with Gasteiger partial charge in [-0.25, -0.2) is 17.2 Å². The van der Waals surface area contributed by atoms with E-state index in [-0.39, 0.29) is 38.8 Å². The number of carbonyl (C=O) groups excluding carboxylic acids is 2. The summed E-state index contributed by atoms with van der Waals surface area (Å²) in [5.41, 5.74) is 0. The van der Waals surface area contributed by atoms with Gasteiger partial charge in [-0.3, -0.25) is 19.3 Å². The molecule has 0 aromatic heterocycles. The molecule has 212 valence electrons. The van der Waals surface area contributed by atoms with Gasteiger partial charge >= 0.3 is 5.97 Å². The van der Waals surface area contributed by atoms with E-state index in [9.17, 15) is 40.4 Å². The van der Waals surface area contributed by atoms with Crippen molar-refractivity contribution in [2.24, 2.45) is 0 Å². The Labute approximate surface area is 217 Å². The molecule has 1 aliphatic carbocycles. The molecule has 1 atom stereocenters. The second-order valence-electron chi connectivity index (χ2n) is 9.25. The van der Waals surface area contributed by atoms with Crippen molar-refractivity contribution in [2.75, 3.05) is 39.3 Å². The molecule has 0 unspecified atom stereocenters. The van der Waals surface area contributed by atoms with Crippen molar-refractivity contribution in [1.29, 1.82) is 0 Å². The van der Waals surface area contributed by atoms with Gasteiger partial charge in [0.25, 0.3) is 0 Å². The van der Waals surface area contributed by atoms with E-state index >= 15 is 0 Å². The Hall–Kier alpha value is -2.78. The van der Waals surface area contributed by atoms with Gasteiger partial charge in [-0.15, -0.1) is 0 Å². The Morgan fingerprint density at radius 3 is 2.13 bits per heavy atom. The third-order valence-electron chi connectivity index (χ3n) is 6.56. The molecule has 1 saturated heterocycles. The number of aliphatic carboxylic acids is 1. The molecule has 2 aliphatic rings. The van der Waals surface area contributed by atoms with Gasteiger partial charge in [-0.2, -0.15) is 13.1 Å². The number of nitrogens with one attached hydrogen (secondary N) is 1. The smallest absolute Gasteiger partial charge is 0.305 e. The summed E-state index contributed by atoms with van der Waals surface area (Å²) in [6.07, 6.45) is 3.12. The maximum atomic E-state index is 13.8. The van der Waals surface area contributed by atoms with Crippen LogP contribution in [0.15, 0.2) is 6.07 Å². The van der Waals surface area contributed by atoms with Crippen LogP contribution in [0, 0.1) is 23.3 Å². The zero-order valence-corrected chi connectivity index (χ0v) is 21.2. The van der Waals surface area contributed by atoms with Gasteiger partial charge in [0.1, 0.15) is 12.6 Å². The number of benzene rings is 1. The third-order valence-corrected chi connectivity index (χ3v) is 8.96. The Morgan fingerprint density at radius 1 is 1.00 bits per heavy atom. The first-order chi connectivity index (χ1) is 17.9. The minimum atomic E-state index is -3.44. The number of hydrogen-bond acceptors (Lipinski definition) is 7. The highest BCUT2D eigenvalue weighted by Crippen LogP contribution is 2.27. The van der Waals surface area contributed by atoms with Crippen LogP contribution >= 0.6 is 0 Å². The lowest BCUT2D eigenvalue weighted by molar-refractivity contribution is -0.140. The third kappa shape index (κ3) is 7.41. The van der Waals surface area contributed by atoms with Crippen molar-refractivity contribution in [3.8, 4) is 5.75 Å². The van der Waals surface area contributed by atoms with Crippen LogP contribution in [0.3, 0.4) is 0 Å². The average Bonchev–Trinajstić information content (AvgIpc) is 2.87. The highest BCUT2D eigenvalue weighted by Gasteiger charge is 2.35. The van der Waals surface area contributed by atoms with Crippen LogP contribution in [-0.2, 0) is 24.4 Å². The molecule has 15 heteroatoms. The van der Waals surface area contributed by atoms with Gasteiger partial charge in [0.2, 0.25) is 27.6 Å². The molecule has 1 heterocycles. The number of carboxylic acid groups (broad SMARTS) is 1. The number of carboxylic acids is 1. The summed E-state index contributed by atoms with van der Waals surface area (Å²) in [5.74, 6) is -12.1. The van der Waals surface area contributed by atoms with Crippen LogP contribution in [0.5, 0.6) is 5.75 Å². The van der Waals surface area contributed by atoms with Crippen molar-refractivity contribution < 1.29 is 50.2 Å². The maximum absolute atomic E-state index is 13.8. The van der Waals surface area contributed by atoms with Crippen LogP contribution in [0.1, 0.15) is 38.5 Å². The number of piperazine rings is 1. The molecule has 3 rings (SSSR count). The van der Waals surface area contributed by atoms with E-state index in [4.69, 9.17) is 5.11 Å². The standard InChI is InChI=1S/C23H29F4N3O7S/c24-15-10-16(25)22(27)23(21(15)26)37-13-18(31)17(11-20(33)34)28-19(32)12-29-6-8-30(9-7-29)38(35,36)14-4-2-1-3-5-14/h10,14,17H,1-9,11-13H2,(H,28,32)(H,33,34)/t17-/m0/s1. The van der Waals surface area contributed by atoms with Gasteiger partial charge in [-0.1, -0.05) is 19.3 Å². The summed E-state index contributed by atoms with van der Waals surface area (Å²) in [5, 5.41) is 10.9. The van der Waals surface area contributed by atoms with Crippen molar-refractivity contribution in [1.82, 2.24) is 14.5 Å². The van der Waals surface area contributed by atoms with E-state index in [2.05, 4.69) is 10.1 Å². The maximum Gasteiger partial charge on any atom is 0.305 e. The molecule has 1 saturated carbocycles. The summed E-state index contributed by atoms with van der Waals surface area (Å²) in [6, 6.07) is -1.70. The van der Waals surface area contributed by atoms with E-state index in [1.54, 1.807) is 4.90 Å². The lowest BCUT2D eigenvalue weighted by Gasteiger charge is -2.36. The predicted octanol–water partition coefficient (Wildman–Crippen LogP) is 1.43. The SMILES string of the molecule is O=C(O)C[C@H](NC(=O)CN1CCN(S(=O)(=O)C2CCCCC2)CC1)C(=O)COc1c(F)c(F)cc(F)c1F. The van der Waals surface area contributed by atoms with Crippen LogP contribution in [0.2, 0.25) is 0 Å². The van der Waals surface area contributed by atoms with Crippen molar-refractivity contribution in [3.63, 3.8) is 0 Å². The largest absolute Gasteiger partial charge is 0.481 e. The first-order valence-electron chi connectivity index (χ1n) is 12.1. The summed E-state index contributed by atoms with van der Waals surface area (Å²) in [4.78, 5) is 37.8. The highest BCUT2D eigenvalue weighted by atomic mass is 32.2. The van der Waals surface area contributed by atoms with Crippen molar-refractivity contribution in [2.45, 2.75) is 49.8 Å². The molecule has 38 heavy (non-hydrogen) atoms. The van der Waals surface area contributed by atoms with Crippen LogP contribution in [-0.4, -0.2) is 91.0 Å². The van der Waals surface area contributed by atoms with Gasteiger partial charge in [0, 0.05) is 32.2 Å². The quantitative estimate of drug-likeness (QED) is 0.303. The number of rotatable bonds is 11. The zero-order valence-electron chi connectivity index (χ0n) is 20.4. The first-order valence-corrected chi connectivity index (χ1v) is 13.6. The van der Waals surface area contributed by atoms with Crippen molar-refractivity contribution in [3.05, 3.63) is 29.3 Å². The first kappa shape index (κ1) is 29.8. The lowest BCUT2D eigenvalue weighted by atomic mass is 10.0. The number of halogens is 4. The van der Waals surface area contributed by atoms with E-state index in [1.807, 2.05) is 0 Å². The Bertz CT molecular complexity index is 1130. The Morgan fingerprint density at radius 2 is 1.58 bits per heavy atom. The van der Waals surface area contributed by atoms with Gasteiger partial charge in [-0.05, 0) is 12.8 Å². The number of sulfonamides is 1. The molecule has 0 radical (unpaired) electrons. The van der Waals surface area contributed by atoms with Gasteiger partial charge in [0.05, 0.1) is 18.2 Å². The van der Waals surface area contributed by atoms with Crippen LogP contribution in [0.4, 0.5) is 17.6 Å². The topological polar surface area (TPSA) is 133 Å². The zero-order chi connectivity index (χ0) is 28.0. The summed E-state index contributed by atoms with van der Waals surface area (Å²) in [7, 11) is -3.44. The molecule has 10 nitrogen and oxygen atoms in total. The molecule has 0 spiro atoms. The highest BCUT2D eigenvalue weighted by molar-refractivity contribution is 7.89. The molecule has 0 bridgehead atoms. The second kappa shape index (κ2) is 12.8. The molecule has 1 amide bonds. The van der Waals surface area contributed by atoms with Gasteiger partial charge in [0.15, 0.2) is 23.2 Å². The van der Waals surface area contributed by atoms with Crippen molar-refractivity contribution >= 4 is 27.7 Å². The van der Waals surface area contributed by atoms with E-state index in [0.717, 1.165) is 19.3 Å². The predicted molar refractivity (Wildman–Crippen MR) is 125 cm³/mol. The molecule has 2 N–H and O–H groups in total. The van der Waals surface area contributed by atoms with E-state index in [1.165, 1.54) is 4.31 Å². The number of Topliss-reactive ketones (excluding diaryl/α,β-unsaturated/α-hetero) is 1. The fourth-order valence-corrected chi connectivity index (χ4v) is 6.52. The van der Waals surface area contributed by atoms with Crippen LogP contribution in [0.25, 0.3) is 0 Å². The van der Waals surface area contributed by atoms with E-state index < -0.39 is 81.0 Å². The number of hydrogen-bond donors (Lipinski definition) is 2. The number of carbonyl (C=O) groups is 3. The summed E-state index contributed by atoms with van der Waals surface area (Å²) in [6.45, 7) is -0.600. The normalized spacial score (nSPS) is 18.6. The minimum absolute atomic E-state index is 0.0436. The number of nitrogens with zero attached hydrogens (tertiary/aromatic N) is 2. The average molecular weight is 568 g/mol. The molecule has 1 aromatic carbocycles.